The molecule has 1 aliphatic carbocycles. The summed E-state index contributed by atoms with van der Waals surface area (Å²) < 4.78 is 1.85. The lowest BCUT2D eigenvalue weighted by Gasteiger charge is -2.18. The van der Waals surface area contributed by atoms with Gasteiger partial charge in [-0.05, 0) is 37.5 Å². The first-order valence-electron chi connectivity index (χ1n) is 7.37. The van der Waals surface area contributed by atoms with Gasteiger partial charge in [0.15, 0.2) is 23.0 Å². The van der Waals surface area contributed by atoms with Gasteiger partial charge in [-0.2, -0.15) is 0 Å². The van der Waals surface area contributed by atoms with Crippen molar-refractivity contribution >= 4 is 23.0 Å². The topological polar surface area (TPSA) is 81.4 Å². The standard InChI is InChI=1S/C16H17N3O3/c1-9-11(6-7-19-10(2)17-18-16(9)19)8-14(22)15-12(20)4-3-5-13(15)21/h6-7,15H,3-5,8H2,1-2H3. The molecular weight excluding hydrogens is 282 g/mol. The number of rotatable bonds is 3. The highest BCUT2D eigenvalue weighted by atomic mass is 16.2. The minimum Gasteiger partial charge on any atom is -0.298 e. The molecule has 0 saturated heterocycles. The summed E-state index contributed by atoms with van der Waals surface area (Å²) in [5.74, 6) is -1.08. The molecule has 2 aromatic rings. The molecule has 0 N–H and O–H groups in total. The van der Waals surface area contributed by atoms with E-state index in [0.717, 1.165) is 17.0 Å². The quantitative estimate of drug-likeness (QED) is 0.800. The molecule has 0 amide bonds. The van der Waals surface area contributed by atoms with E-state index in [-0.39, 0.29) is 23.8 Å². The maximum Gasteiger partial charge on any atom is 0.163 e. The van der Waals surface area contributed by atoms with Crippen LogP contribution in [0.2, 0.25) is 0 Å². The van der Waals surface area contributed by atoms with Crippen molar-refractivity contribution in [2.75, 3.05) is 0 Å². The first kappa shape index (κ1) is 14.6. The van der Waals surface area contributed by atoms with E-state index in [2.05, 4.69) is 10.2 Å². The van der Waals surface area contributed by atoms with Gasteiger partial charge in [-0.1, -0.05) is 0 Å². The van der Waals surface area contributed by atoms with Crippen LogP contribution in [0.1, 0.15) is 36.2 Å². The molecule has 1 saturated carbocycles. The minimum atomic E-state index is -1.07. The van der Waals surface area contributed by atoms with Crippen LogP contribution in [0.4, 0.5) is 0 Å². The highest BCUT2D eigenvalue weighted by Gasteiger charge is 2.35. The molecule has 2 heterocycles. The van der Waals surface area contributed by atoms with Crippen LogP contribution >= 0.6 is 0 Å². The molecule has 0 atom stereocenters. The van der Waals surface area contributed by atoms with Gasteiger partial charge < -0.3 is 0 Å². The lowest BCUT2D eigenvalue weighted by Crippen LogP contribution is -2.36. The van der Waals surface area contributed by atoms with Crippen molar-refractivity contribution in [3.05, 3.63) is 29.2 Å². The number of ketones is 3. The van der Waals surface area contributed by atoms with E-state index in [1.807, 2.05) is 30.5 Å². The van der Waals surface area contributed by atoms with Gasteiger partial charge in [0.05, 0.1) is 0 Å². The Morgan fingerprint density at radius 1 is 1.23 bits per heavy atom. The van der Waals surface area contributed by atoms with Crippen molar-refractivity contribution < 1.29 is 14.4 Å². The molecule has 6 nitrogen and oxygen atoms in total. The van der Waals surface area contributed by atoms with Gasteiger partial charge in [0.25, 0.3) is 0 Å². The van der Waals surface area contributed by atoms with E-state index < -0.39 is 5.92 Å². The fourth-order valence-corrected chi connectivity index (χ4v) is 2.98. The summed E-state index contributed by atoms with van der Waals surface area (Å²) in [5.41, 5.74) is 2.34. The second-order valence-corrected chi connectivity index (χ2v) is 5.77. The molecule has 0 spiro atoms. The first-order chi connectivity index (χ1) is 10.5. The number of Topliss-reactive ketones (excluding diaryl/α,β-unsaturated/α-hetero) is 3. The number of aryl methyl sites for hydroxylation is 2. The lowest BCUT2D eigenvalue weighted by atomic mass is 9.82. The number of nitrogens with zero attached hydrogens (tertiary/aromatic N) is 3. The molecule has 0 aromatic carbocycles. The third kappa shape index (κ3) is 2.34. The zero-order valence-corrected chi connectivity index (χ0v) is 12.6. The molecule has 22 heavy (non-hydrogen) atoms. The second kappa shape index (κ2) is 5.44. The average Bonchev–Trinajstić information content (AvgIpc) is 2.84. The van der Waals surface area contributed by atoms with Crippen LogP contribution in [0.5, 0.6) is 0 Å². The Labute approximate surface area is 127 Å². The van der Waals surface area contributed by atoms with Gasteiger partial charge in [0.2, 0.25) is 0 Å². The summed E-state index contributed by atoms with van der Waals surface area (Å²) in [4.78, 5) is 36.1. The summed E-state index contributed by atoms with van der Waals surface area (Å²) in [6.07, 6.45) is 3.10. The smallest absolute Gasteiger partial charge is 0.163 e. The normalized spacial score (nSPS) is 16.5. The molecule has 6 heteroatoms. The highest BCUT2D eigenvalue weighted by molar-refractivity contribution is 6.20. The predicted octanol–water partition coefficient (Wildman–Crippen LogP) is 1.40. The van der Waals surface area contributed by atoms with Crippen molar-refractivity contribution in [2.45, 2.75) is 39.5 Å². The number of hydrogen-bond acceptors (Lipinski definition) is 5. The Hall–Kier alpha value is -2.37. The molecule has 2 aromatic heterocycles. The Balaban J connectivity index is 1.89. The van der Waals surface area contributed by atoms with Gasteiger partial charge in [-0.25, -0.2) is 0 Å². The molecule has 0 radical (unpaired) electrons. The molecule has 0 bridgehead atoms. The van der Waals surface area contributed by atoms with Crippen molar-refractivity contribution in [1.82, 2.24) is 14.6 Å². The van der Waals surface area contributed by atoms with Gasteiger partial charge in [-0.15, -0.1) is 10.2 Å². The number of carbonyl (C=O) groups excluding carboxylic acids is 3. The van der Waals surface area contributed by atoms with E-state index in [1.54, 1.807) is 0 Å². The Kier molecular flexibility index (Phi) is 3.60. The van der Waals surface area contributed by atoms with Crippen LogP contribution in [0, 0.1) is 19.8 Å². The number of carbonyl (C=O) groups is 3. The largest absolute Gasteiger partial charge is 0.298 e. The average molecular weight is 299 g/mol. The Bertz CT molecular complexity index is 775. The van der Waals surface area contributed by atoms with Crippen molar-refractivity contribution in [3.63, 3.8) is 0 Å². The van der Waals surface area contributed by atoms with Gasteiger partial charge in [-0.3, -0.25) is 18.8 Å². The van der Waals surface area contributed by atoms with Crippen LogP contribution in [0.25, 0.3) is 5.65 Å². The summed E-state index contributed by atoms with van der Waals surface area (Å²) >= 11 is 0. The molecule has 1 aliphatic rings. The van der Waals surface area contributed by atoms with Gasteiger partial charge in [0.1, 0.15) is 11.7 Å². The zero-order chi connectivity index (χ0) is 15.9. The number of aromatic nitrogens is 3. The Morgan fingerprint density at radius 3 is 2.59 bits per heavy atom. The van der Waals surface area contributed by atoms with E-state index >= 15 is 0 Å². The van der Waals surface area contributed by atoms with Crippen LogP contribution < -0.4 is 0 Å². The molecule has 114 valence electrons. The number of pyridine rings is 1. The summed E-state index contributed by atoms with van der Waals surface area (Å²) in [6, 6.07) is 1.83. The van der Waals surface area contributed by atoms with Crippen molar-refractivity contribution in [3.8, 4) is 0 Å². The van der Waals surface area contributed by atoms with Gasteiger partial charge in [0, 0.05) is 25.5 Å². The monoisotopic (exact) mass is 299 g/mol. The fraction of sp³-hybridized carbons (Fsp3) is 0.438. The zero-order valence-electron chi connectivity index (χ0n) is 12.6. The molecule has 0 unspecified atom stereocenters. The maximum absolute atomic E-state index is 12.4. The van der Waals surface area contributed by atoms with Crippen LogP contribution in [0.15, 0.2) is 12.3 Å². The van der Waals surface area contributed by atoms with E-state index in [9.17, 15) is 14.4 Å². The third-order valence-electron chi connectivity index (χ3n) is 4.29. The van der Waals surface area contributed by atoms with Crippen molar-refractivity contribution in [2.24, 2.45) is 5.92 Å². The summed E-state index contributed by atoms with van der Waals surface area (Å²) in [6.45, 7) is 3.72. The fourth-order valence-electron chi connectivity index (χ4n) is 2.98. The molecule has 1 fully saturated rings. The maximum atomic E-state index is 12.4. The van der Waals surface area contributed by atoms with Crippen LogP contribution in [0.3, 0.4) is 0 Å². The Morgan fingerprint density at radius 2 is 1.91 bits per heavy atom. The van der Waals surface area contributed by atoms with E-state index in [1.165, 1.54) is 0 Å². The van der Waals surface area contributed by atoms with Crippen LogP contribution in [-0.2, 0) is 20.8 Å². The SMILES string of the molecule is Cc1c(CC(=O)C2C(=O)CCCC2=O)ccn2c(C)nnc12. The molecule has 0 aliphatic heterocycles. The van der Waals surface area contributed by atoms with Crippen molar-refractivity contribution in [1.29, 1.82) is 0 Å². The first-order valence-corrected chi connectivity index (χ1v) is 7.37. The van der Waals surface area contributed by atoms with E-state index in [0.29, 0.717) is 24.9 Å². The third-order valence-corrected chi connectivity index (χ3v) is 4.29. The summed E-state index contributed by atoms with van der Waals surface area (Å²) in [7, 11) is 0. The predicted molar refractivity (Wildman–Crippen MR) is 78.5 cm³/mol. The lowest BCUT2D eigenvalue weighted by molar-refractivity contribution is -0.141. The van der Waals surface area contributed by atoms with E-state index in [4.69, 9.17) is 0 Å². The number of fused-ring (bicyclic) bond motifs is 1. The van der Waals surface area contributed by atoms with Gasteiger partial charge >= 0.3 is 0 Å². The molecule has 3 rings (SSSR count). The molecular formula is C16H17N3O3. The number of hydrogen-bond donors (Lipinski definition) is 0. The minimum absolute atomic E-state index is 0.0797. The summed E-state index contributed by atoms with van der Waals surface area (Å²) in [5, 5.41) is 8.11. The second-order valence-electron chi connectivity index (χ2n) is 5.77. The highest BCUT2D eigenvalue weighted by Crippen LogP contribution is 2.22. The van der Waals surface area contributed by atoms with Crippen LogP contribution in [-0.4, -0.2) is 31.9 Å².